The summed E-state index contributed by atoms with van der Waals surface area (Å²) in [6, 6.07) is 3.88. The van der Waals surface area contributed by atoms with Crippen LogP contribution >= 0.6 is 11.5 Å². The number of ether oxygens (including phenoxy) is 1. The predicted octanol–water partition coefficient (Wildman–Crippen LogP) is 2.77. The highest BCUT2D eigenvalue weighted by atomic mass is 32.1. The molecule has 4 nitrogen and oxygen atoms in total. The van der Waals surface area contributed by atoms with Gasteiger partial charge in [-0.25, -0.2) is 0 Å². The number of nitrogens with two attached hydrogens (primary N) is 1. The Morgan fingerprint density at radius 2 is 2.11 bits per heavy atom. The molecule has 102 valence electrons. The summed E-state index contributed by atoms with van der Waals surface area (Å²) in [7, 11) is 1.68. The van der Waals surface area contributed by atoms with Gasteiger partial charge in [-0.3, -0.25) is 0 Å². The molecule has 0 saturated heterocycles. The molecule has 0 spiro atoms. The van der Waals surface area contributed by atoms with Crippen molar-refractivity contribution >= 4 is 11.5 Å². The largest absolute Gasteiger partial charge is 0.496 e. The van der Waals surface area contributed by atoms with E-state index in [1.165, 1.54) is 17.1 Å². The van der Waals surface area contributed by atoms with Crippen molar-refractivity contribution in [2.75, 3.05) is 7.11 Å². The van der Waals surface area contributed by atoms with Crippen LogP contribution in [-0.4, -0.2) is 16.7 Å². The third kappa shape index (κ3) is 2.48. The molecular weight excluding hydrogens is 258 g/mol. The fraction of sp³-hybridized carbons (Fsp3) is 0.429. The summed E-state index contributed by atoms with van der Waals surface area (Å²) >= 11 is 1.36. The molecule has 0 bridgehead atoms. The number of hydrogen-bond acceptors (Lipinski definition) is 5. The van der Waals surface area contributed by atoms with Crippen molar-refractivity contribution in [2.45, 2.75) is 33.2 Å². The van der Waals surface area contributed by atoms with Crippen LogP contribution in [-0.2, 0) is 6.42 Å². The number of rotatable bonds is 4. The van der Waals surface area contributed by atoms with Gasteiger partial charge in [0.25, 0.3) is 0 Å². The summed E-state index contributed by atoms with van der Waals surface area (Å²) in [5, 5.41) is 4.12. The van der Waals surface area contributed by atoms with Crippen LogP contribution in [0.15, 0.2) is 12.1 Å². The van der Waals surface area contributed by atoms with Crippen LogP contribution in [0, 0.1) is 13.8 Å². The monoisotopic (exact) mass is 277 g/mol. The van der Waals surface area contributed by atoms with Gasteiger partial charge < -0.3 is 10.5 Å². The molecule has 2 N–H and O–H groups in total. The van der Waals surface area contributed by atoms with Crippen LogP contribution in [0.3, 0.4) is 0 Å². The van der Waals surface area contributed by atoms with Gasteiger partial charge in [-0.15, -0.1) is 5.10 Å². The van der Waals surface area contributed by atoms with E-state index in [0.717, 1.165) is 33.9 Å². The molecule has 2 rings (SSSR count). The van der Waals surface area contributed by atoms with Crippen molar-refractivity contribution < 1.29 is 4.74 Å². The van der Waals surface area contributed by atoms with Crippen molar-refractivity contribution in [3.05, 3.63) is 39.4 Å². The van der Waals surface area contributed by atoms with Gasteiger partial charge in [0.1, 0.15) is 5.75 Å². The molecule has 19 heavy (non-hydrogen) atoms. The smallest absolute Gasteiger partial charge is 0.127 e. The maximum absolute atomic E-state index is 6.38. The molecule has 1 atom stereocenters. The van der Waals surface area contributed by atoms with Gasteiger partial charge in [0.05, 0.1) is 23.7 Å². The van der Waals surface area contributed by atoms with Crippen molar-refractivity contribution in [3.63, 3.8) is 0 Å². The average molecular weight is 277 g/mol. The van der Waals surface area contributed by atoms with Gasteiger partial charge in [-0.2, -0.15) is 0 Å². The highest BCUT2D eigenvalue weighted by Gasteiger charge is 2.21. The second kappa shape index (κ2) is 5.67. The van der Waals surface area contributed by atoms with Crippen molar-refractivity contribution in [3.8, 4) is 5.75 Å². The average Bonchev–Trinajstić information content (AvgIpc) is 2.89. The lowest BCUT2D eigenvalue weighted by Gasteiger charge is -2.18. The first kappa shape index (κ1) is 14.0. The third-order valence-corrected chi connectivity index (χ3v) is 4.30. The minimum absolute atomic E-state index is 0.232. The summed E-state index contributed by atoms with van der Waals surface area (Å²) in [5.74, 6) is 0.864. The van der Waals surface area contributed by atoms with Gasteiger partial charge in [-0.1, -0.05) is 23.5 Å². The zero-order chi connectivity index (χ0) is 14.0. The molecule has 2 aromatic rings. The third-order valence-electron chi connectivity index (χ3n) is 3.45. The van der Waals surface area contributed by atoms with E-state index in [4.69, 9.17) is 10.5 Å². The molecule has 0 saturated carbocycles. The van der Waals surface area contributed by atoms with Crippen LogP contribution in [0.1, 0.15) is 40.2 Å². The van der Waals surface area contributed by atoms with E-state index >= 15 is 0 Å². The van der Waals surface area contributed by atoms with Gasteiger partial charge >= 0.3 is 0 Å². The summed E-state index contributed by atoms with van der Waals surface area (Å²) in [5.41, 5.74) is 10.7. The first-order chi connectivity index (χ1) is 9.10. The van der Waals surface area contributed by atoms with Crippen LogP contribution in [0.2, 0.25) is 0 Å². The lowest BCUT2D eigenvalue weighted by atomic mass is 9.98. The van der Waals surface area contributed by atoms with Gasteiger partial charge in [-0.05, 0) is 42.9 Å². The molecule has 0 radical (unpaired) electrons. The van der Waals surface area contributed by atoms with Gasteiger partial charge in [0, 0.05) is 5.56 Å². The summed E-state index contributed by atoms with van der Waals surface area (Å²) < 4.78 is 9.54. The molecule has 1 heterocycles. The second-order valence-electron chi connectivity index (χ2n) is 4.55. The van der Waals surface area contributed by atoms with E-state index in [-0.39, 0.29) is 6.04 Å². The molecule has 0 aliphatic rings. The van der Waals surface area contributed by atoms with Gasteiger partial charge in [0.15, 0.2) is 0 Å². The Balaban J connectivity index is 2.50. The fourth-order valence-electron chi connectivity index (χ4n) is 2.16. The molecule has 0 aliphatic heterocycles. The van der Waals surface area contributed by atoms with Crippen LogP contribution in [0.4, 0.5) is 0 Å². The van der Waals surface area contributed by atoms with E-state index in [9.17, 15) is 0 Å². The Kier molecular flexibility index (Phi) is 4.17. The van der Waals surface area contributed by atoms with E-state index in [1.54, 1.807) is 7.11 Å². The Hall–Kier alpha value is -1.46. The summed E-state index contributed by atoms with van der Waals surface area (Å²) in [6.45, 7) is 6.18. The zero-order valence-electron chi connectivity index (χ0n) is 11.7. The molecule has 1 aromatic carbocycles. The van der Waals surface area contributed by atoms with E-state index in [2.05, 4.69) is 36.4 Å². The number of hydrogen-bond donors (Lipinski definition) is 1. The topological polar surface area (TPSA) is 61.0 Å². The maximum Gasteiger partial charge on any atom is 0.127 e. The SMILES string of the molecule is CCc1nnsc1C(N)c1ccc(C)c(C)c1OC. The Morgan fingerprint density at radius 1 is 1.37 bits per heavy atom. The standard InChI is InChI=1S/C14H19N3OS/c1-5-11-14(19-17-16-11)12(15)10-7-6-8(2)9(3)13(10)18-4/h6-7,12H,5,15H2,1-4H3. The molecule has 1 aromatic heterocycles. The van der Waals surface area contributed by atoms with E-state index < -0.39 is 0 Å². The predicted molar refractivity (Wildman–Crippen MR) is 77.8 cm³/mol. The first-order valence-corrected chi connectivity index (χ1v) is 7.08. The molecule has 0 fully saturated rings. The quantitative estimate of drug-likeness (QED) is 0.933. The van der Waals surface area contributed by atoms with Crippen molar-refractivity contribution in [1.29, 1.82) is 0 Å². The van der Waals surface area contributed by atoms with Crippen LogP contribution in [0.5, 0.6) is 5.75 Å². The molecular formula is C14H19N3OS. The number of benzene rings is 1. The van der Waals surface area contributed by atoms with Crippen molar-refractivity contribution in [2.24, 2.45) is 5.73 Å². The number of nitrogens with zero attached hydrogens (tertiary/aromatic N) is 2. The summed E-state index contributed by atoms with van der Waals surface area (Å²) in [4.78, 5) is 1.02. The first-order valence-electron chi connectivity index (χ1n) is 6.30. The zero-order valence-corrected chi connectivity index (χ0v) is 12.5. The molecule has 5 heteroatoms. The Morgan fingerprint density at radius 3 is 2.74 bits per heavy atom. The highest BCUT2D eigenvalue weighted by molar-refractivity contribution is 7.05. The second-order valence-corrected chi connectivity index (χ2v) is 5.33. The summed E-state index contributed by atoms with van der Waals surface area (Å²) in [6.07, 6.45) is 0.840. The lowest BCUT2D eigenvalue weighted by Crippen LogP contribution is -2.14. The normalized spacial score (nSPS) is 12.5. The molecule has 1 unspecified atom stereocenters. The van der Waals surface area contributed by atoms with E-state index in [0.29, 0.717) is 0 Å². The Labute approximate surface area is 117 Å². The van der Waals surface area contributed by atoms with Crippen LogP contribution in [0.25, 0.3) is 0 Å². The maximum atomic E-state index is 6.38. The van der Waals surface area contributed by atoms with Crippen molar-refractivity contribution in [1.82, 2.24) is 9.59 Å². The highest BCUT2D eigenvalue weighted by Crippen LogP contribution is 2.34. The lowest BCUT2D eigenvalue weighted by molar-refractivity contribution is 0.404. The van der Waals surface area contributed by atoms with Crippen LogP contribution < -0.4 is 10.5 Å². The Bertz CT molecular complexity index is 580. The number of aromatic nitrogens is 2. The molecule has 0 aliphatic carbocycles. The van der Waals surface area contributed by atoms with E-state index in [1.807, 2.05) is 6.07 Å². The van der Waals surface area contributed by atoms with Gasteiger partial charge in [0.2, 0.25) is 0 Å². The number of aryl methyl sites for hydroxylation is 2. The minimum atomic E-state index is -0.232. The fourth-order valence-corrected chi connectivity index (χ4v) is 2.92. The minimum Gasteiger partial charge on any atom is -0.496 e. The number of methoxy groups -OCH3 is 1. The molecule has 0 amide bonds.